The van der Waals surface area contributed by atoms with Gasteiger partial charge in [-0.3, -0.25) is 0 Å². The molecule has 1 saturated heterocycles. The molecule has 3 rings (SSSR count). The normalized spacial score (nSPS) is 14.1. The summed E-state index contributed by atoms with van der Waals surface area (Å²) >= 11 is 1.80. The van der Waals surface area contributed by atoms with Gasteiger partial charge in [0, 0.05) is 49.9 Å². The van der Waals surface area contributed by atoms with Crippen LogP contribution in [-0.2, 0) is 19.4 Å². The number of guanidine groups is 1. The van der Waals surface area contributed by atoms with Crippen molar-refractivity contribution in [3.63, 3.8) is 0 Å². The Kier molecular flexibility index (Phi) is 9.97. The fraction of sp³-hybridized carbons (Fsp3) is 0.550. The number of hydrogen-bond acceptors (Lipinski definition) is 5. The molecular formula is C20H31IN6S. The lowest BCUT2D eigenvalue weighted by Gasteiger charge is -2.16. The molecule has 2 aromatic rings. The van der Waals surface area contributed by atoms with Gasteiger partial charge in [-0.1, -0.05) is 13.0 Å². The maximum absolute atomic E-state index is 4.69. The summed E-state index contributed by atoms with van der Waals surface area (Å²) in [5.74, 6) is 1.92. The molecule has 1 aliphatic heterocycles. The zero-order valence-electron chi connectivity index (χ0n) is 16.8. The number of rotatable bonds is 8. The molecule has 154 valence electrons. The van der Waals surface area contributed by atoms with Crippen molar-refractivity contribution < 1.29 is 0 Å². The minimum absolute atomic E-state index is 0. The molecular weight excluding hydrogens is 483 g/mol. The summed E-state index contributed by atoms with van der Waals surface area (Å²) in [6.45, 7) is 8.79. The van der Waals surface area contributed by atoms with Crippen LogP contribution in [0.2, 0.25) is 0 Å². The lowest BCUT2D eigenvalue weighted by Crippen LogP contribution is -2.38. The van der Waals surface area contributed by atoms with Gasteiger partial charge in [0.25, 0.3) is 0 Å². The van der Waals surface area contributed by atoms with Crippen LogP contribution in [0.5, 0.6) is 0 Å². The lowest BCUT2D eigenvalue weighted by molar-refractivity contribution is 0.796. The second-order valence-corrected chi connectivity index (χ2v) is 7.86. The van der Waals surface area contributed by atoms with Gasteiger partial charge in [0.2, 0.25) is 0 Å². The van der Waals surface area contributed by atoms with Crippen molar-refractivity contribution in [2.75, 3.05) is 31.1 Å². The number of hydrogen-bond donors (Lipinski definition) is 2. The van der Waals surface area contributed by atoms with Crippen LogP contribution in [-0.4, -0.2) is 42.1 Å². The highest BCUT2D eigenvalue weighted by molar-refractivity contribution is 14.0. The van der Waals surface area contributed by atoms with Gasteiger partial charge in [-0.2, -0.15) is 0 Å². The Bertz CT molecular complexity index is 725. The van der Waals surface area contributed by atoms with Crippen LogP contribution in [0.3, 0.4) is 0 Å². The number of aromatic nitrogens is 2. The fourth-order valence-electron chi connectivity index (χ4n) is 3.07. The molecule has 2 aromatic heterocycles. The van der Waals surface area contributed by atoms with E-state index in [2.05, 4.69) is 56.5 Å². The number of aliphatic imine (C=N–C) groups is 1. The van der Waals surface area contributed by atoms with Crippen molar-refractivity contribution in [1.29, 1.82) is 0 Å². The van der Waals surface area contributed by atoms with Crippen LogP contribution in [0.25, 0.3) is 0 Å². The van der Waals surface area contributed by atoms with Crippen molar-refractivity contribution in [2.45, 2.75) is 46.1 Å². The van der Waals surface area contributed by atoms with E-state index in [1.165, 1.54) is 22.7 Å². The number of halogens is 1. The summed E-state index contributed by atoms with van der Waals surface area (Å²) in [6.07, 6.45) is 8.44. The summed E-state index contributed by atoms with van der Waals surface area (Å²) in [5.41, 5.74) is 1.13. The van der Waals surface area contributed by atoms with Crippen LogP contribution >= 0.6 is 35.3 Å². The first kappa shape index (κ1) is 22.9. The first-order valence-corrected chi connectivity index (χ1v) is 10.8. The molecule has 0 spiro atoms. The van der Waals surface area contributed by atoms with Crippen molar-refractivity contribution in [3.05, 3.63) is 40.0 Å². The first-order chi connectivity index (χ1) is 13.3. The largest absolute Gasteiger partial charge is 0.357 e. The van der Waals surface area contributed by atoms with Gasteiger partial charge < -0.3 is 15.5 Å². The molecule has 1 aliphatic rings. The highest BCUT2D eigenvalue weighted by atomic mass is 127. The average molecular weight is 514 g/mol. The molecule has 2 N–H and O–H groups in total. The quantitative estimate of drug-likeness (QED) is 0.320. The second-order valence-electron chi connectivity index (χ2n) is 6.66. The fourth-order valence-corrected chi connectivity index (χ4v) is 3.93. The topological polar surface area (TPSA) is 65.4 Å². The van der Waals surface area contributed by atoms with E-state index >= 15 is 0 Å². The zero-order valence-corrected chi connectivity index (χ0v) is 19.9. The predicted octanol–water partition coefficient (Wildman–Crippen LogP) is 3.62. The Balaban J connectivity index is 0.00000280. The second kappa shape index (κ2) is 12.2. The van der Waals surface area contributed by atoms with Crippen LogP contribution in [0.1, 0.15) is 42.1 Å². The molecule has 0 aromatic carbocycles. The average Bonchev–Trinajstić information content (AvgIpc) is 3.38. The summed E-state index contributed by atoms with van der Waals surface area (Å²) in [4.78, 5) is 17.5. The minimum Gasteiger partial charge on any atom is -0.357 e. The van der Waals surface area contributed by atoms with Gasteiger partial charge >= 0.3 is 0 Å². The van der Waals surface area contributed by atoms with Gasteiger partial charge in [-0.05, 0) is 37.8 Å². The maximum Gasteiger partial charge on any atom is 0.191 e. The van der Waals surface area contributed by atoms with Gasteiger partial charge in [-0.25, -0.2) is 15.0 Å². The van der Waals surface area contributed by atoms with Crippen LogP contribution in [0.4, 0.5) is 5.82 Å². The summed E-state index contributed by atoms with van der Waals surface area (Å²) in [5, 5.41) is 7.88. The Morgan fingerprint density at radius 3 is 2.61 bits per heavy atom. The van der Waals surface area contributed by atoms with E-state index in [1.54, 1.807) is 11.3 Å². The highest BCUT2D eigenvalue weighted by Crippen LogP contribution is 2.17. The van der Waals surface area contributed by atoms with Gasteiger partial charge in [0.15, 0.2) is 5.96 Å². The third kappa shape index (κ3) is 6.88. The monoisotopic (exact) mass is 514 g/mol. The molecule has 3 heterocycles. The molecule has 0 amide bonds. The molecule has 8 heteroatoms. The molecule has 6 nitrogen and oxygen atoms in total. The number of nitrogens with one attached hydrogen (secondary N) is 2. The molecule has 0 radical (unpaired) electrons. The smallest absolute Gasteiger partial charge is 0.191 e. The summed E-state index contributed by atoms with van der Waals surface area (Å²) in [6, 6.07) is 4.25. The predicted molar refractivity (Wildman–Crippen MR) is 129 cm³/mol. The first-order valence-electron chi connectivity index (χ1n) is 9.94. The Hall–Kier alpha value is -1.42. The third-order valence-corrected chi connectivity index (χ3v) is 5.79. The molecule has 0 saturated carbocycles. The zero-order chi connectivity index (χ0) is 18.9. The van der Waals surface area contributed by atoms with Gasteiger partial charge in [0.05, 0.1) is 11.6 Å². The number of anilines is 1. The number of nitrogens with zero attached hydrogens (tertiary/aromatic N) is 4. The van der Waals surface area contributed by atoms with E-state index in [4.69, 9.17) is 0 Å². The van der Waals surface area contributed by atoms with E-state index in [0.717, 1.165) is 56.4 Å². The van der Waals surface area contributed by atoms with E-state index in [0.29, 0.717) is 6.54 Å². The van der Waals surface area contributed by atoms with Gasteiger partial charge in [-0.15, -0.1) is 35.3 Å². The SMILES string of the molecule is CCNC(=NCc1ccc(N2CCCC2)nc1)NCCc1ncc(CC)s1.I. The van der Waals surface area contributed by atoms with Gasteiger partial charge in [0.1, 0.15) is 5.82 Å². The molecule has 0 aliphatic carbocycles. The van der Waals surface area contributed by atoms with Crippen molar-refractivity contribution in [1.82, 2.24) is 20.6 Å². The molecule has 0 unspecified atom stereocenters. The molecule has 0 atom stereocenters. The van der Waals surface area contributed by atoms with Crippen molar-refractivity contribution >= 4 is 47.1 Å². The summed E-state index contributed by atoms with van der Waals surface area (Å²) in [7, 11) is 0. The van der Waals surface area contributed by atoms with E-state index in [9.17, 15) is 0 Å². The number of thiazole rings is 1. The Morgan fingerprint density at radius 2 is 1.96 bits per heavy atom. The standard InChI is InChI=1S/C20H30N6S.HI/c1-3-17-15-24-19(27-17)9-10-22-20(21-4-2)25-14-16-7-8-18(23-13-16)26-11-5-6-12-26;/h7-8,13,15H,3-6,9-12,14H2,1-2H3,(H2,21,22,25);1H. The lowest BCUT2D eigenvalue weighted by atomic mass is 10.3. The van der Waals surface area contributed by atoms with E-state index in [1.807, 2.05) is 12.4 Å². The van der Waals surface area contributed by atoms with E-state index < -0.39 is 0 Å². The van der Waals surface area contributed by atoms with Crippen molar-refractivity contribution in [2.24, 2.45) is 4.99 Å². The highest BCUT2D eigenvalue weighted by Gasteiger charge is 2.12. The summed E-state index contributed by atoms with van der Waals surface area (Å²) < 4.78 is 0. The number of pyridine rings is 1. The number of aryl methyl sites for hydroxylation is 1. The third-order valence-electron chi connectivity index (χ3n) is 4.58. The molecule has 1 fully saturated rings. The Labute approximate surface area is 189 Å². The van der Waals surface area contributed by atoms with Crippen LogP contribution < -0.4 is 15.5 Å². The van der Waals surface area contributed by atoms with Crippen molar-refractivity contribution in [3.8, 4) is 0 Å². The minimum atomic E-state index is 0. The van der Waals surface area contributed by atoms with Crippen LogP contribution in [0, 0.1) is 0 Å². The molecule has 0 bridgehead atoms. The Morgan fingerprint density at radius 1 is 1.14 bits per heavy atom. The van der Waals surface area contributed by atoms with Crippen LogP contribution in [0.15, 0.2) is 29.5 Å². The van der Waals surface area contributed by atoms with E-state index in [-0.39, 0.29) is 24.0 Å². The maximum atomic E-state index is 4.69. The molecule has 28 heavy (non-hydrogen) atoms.